The molecule has 9 nitrogen and oxygen atoms in total. The Kier molecular flexibility index (Phi) is 7.92. The van der Waals surface area contributed by atoms with E-state index >= 15 is 0 Å². The molecule has 0 aromatic heterocycles. The molecule has 0 saturated carbocycles. The number of sulfonamides is 1. The number of aryl methyl sites for hydroxylation is 1. The summed E-state index contributed by atoms with van der Waals surface area (Å²) in [7, 11) is -2.41. The first-order valence-corrected chi connectivity index (χ1v) is 9.86. The summed E-state index contributed by atoms with van der Waals surface area (Å²) in [5.41, 5.74) is 0.528. The molecule has 0 fully saturated rings. The van der Waals surface area contributed by atoms with Crippen LogP contribution in [-0.4, -0.2) is 56.9 Å². The Labute approximate surface area is 159 Å². The second-order valence-electron chi connectivity index (χ2n) is 5.68. The monoisotopic (exact) mass is 399 g/mol. The summed E-state index contributed by atoms with van der Waals surface area (Å²) in [5, 5.41) is 4.21. The predicted molar refractivity (Wildman–Crippen MR) is 98.8 cm³/mol. The Morgan fingerprint density at radius 3 is 2.30 bits per heavy atom. The molecule has 0 heterocycles. The van der Waals surface area contributed by atoms with Gasteiger partial charge in [0.2, 0.25) is 10.0 Å². The fourth-order valence-corrected chi connectivity index (χ4v) is 3.73. The SMILES string of the molecule is CCN(CC)S(=O)(=O)c1ccc(C)c(C(=O)O[C@H](C)C(=O)NC(=O)NC)c1. The van der Waals surface area contributed by atoms with E-state index in [1.807, 2.05) is 5.32 Å². The van der Waals surface area contributed by atoms with Crippen LogP contribution in [0.4, 0.5) is 4.79 Å². The van der Waals surface area contributed by atoms with Gasteiger partial charge in [-0.1, -0.05) is 19.9 Å². The van der Waals surface area contributed by atoms with Gasteiger partial charge in [0.15, 0.2) is 6.10 Å². The predicted octanol–water partition coefficient (Wildman–Crippen LogP) is 1.03. The standard InChI is InChI=1S/C17H25N3O6S/c1-6-20(7-2)27(24,25)13-9-8-11(3)14(10-13)16(22)26-12(4)15(21)19-17(23)18-5/h8-10,12H,6-7H2,1-5H3,(H2,18,19,21,23)/t12-/m1/s1. The number of ether oxygens (including phenoxy) is 1. The van der Waals surface area contributed by atoms with Crippen LogP contribution in [-0.2, 0) is 19.6 Å². The minimum absolute atomic E-state index is 0.0304. The molecular formula is C17H25N3O6S. The molecule has 0 unspecified atom stereocenters. The first-order valence-electron chi connectivity index (χ1n) is 8.42. The van der Waals surface area contributed by atoms with Crippen molar-refractivity contribution in [3.8, 4) is 0 Å². The maximum absolute atomic E-state index is 12.6. The highest BCUT2D eigenvalue weighted by molar-refractivity contribution is 7.89. The van der Waals surface area contributed by atoms with Crippen LogP contribution in [0.5, 0.6) is 0 Å². The lowest BCUT2D eigenvalue weighted by atomic mass is 10.1. The number of hydrogen-bond acceptors (Lipinski definition) is 6. The molecule has 0 bridgehead atoms. The molecule has 0 spiro atoms. The van der Waals surface area contributed by atoms with Gasteiger partial charge < -0.3 is 10.1 Å². The number of carbonyl (C=O) groups excluding carboxylic acids is 3. The first-order chi connectivity index (χ1) is 12.6. The van der Waals surface area contributed by atoms with Crippen molar-refractivity contribution >= 4 is 27.9 Å². The summed E-state index contributed by atoms with van der Waals surface area (Å²) in [4.78, 5) is 35.3. The van der Waals surface area contributed by atoms with Gasteiger partial charge in [-0.3, -0.25) is 10.1 Å². The van der Waals surface area contributed by atoms with E-state index in [0.717, 1.165) is 0 Å². The molecule has 0 aliphatic carbocycles. The van der Waals surface area contributed by atoms with E-state index in [4.69, 9.17) is 4.74 Å². The number of nitrogens with one attached hydrogen (secondary N) is 2. The van der Waals surface area contributed by atoms with E-state index < -0.39 is 34.0 Å². The average Bonchev–Trinajstić information content (AvgIpc) is 2.62. The highest BCUT2D eigenvalue weighted by Crippen LogP contribution is 2.20. The van der Waals surface area contributed by atoms with Crippen molar-refractivity contribution in [3.63, 3.8) is 0 Å². The van der Waals surface area contributed by atoms with Crippen LogP contribution in [0, 0.1) is 6.92 Å². The van der Waals surface area contributed by atoms with E-state index in [1.54, 1.807) is 20.8 Å². The van der Waals surface area contributed by atoms with E-state index in [1.165, 1.54) is 36.5 Å². The second kappa shape index (κ2) is 9.47. The third-order valence-electron chi connectivity index (χ3n) is 3.89. The van der Waals surface area contributed by atoms with E-state index in [-0.39, 0.29) is 10.5 Å². The third-order valence-corrected chi connectivity index (χ3v) is 5.93. The summed E-state index contributed by atoms with van der Waals surface area (Å²) >= 11 is 0. The van der Waals surface area contributed by atoms with E-state index in [0.29, 0.717) is 18.7 Å². The number of hydrogen-bond donors (Lipinski definition) is 2. The van der Waals surface area contributed by atoms with E-state index in [2.05, 4.69) is 5.32 Å². The Hall–Kier alpha value is -2.46. The van der Waals surface area contributed by atoms with Gasteiger partial charge in [-0.2, -0.15) is 4.31 Å². The van der Waals surface area contributed by atoms with Crippen LogP contribution in [0.3, 0.4) is 0 Å². The largest absolute Gasteiger partial charge is 0.449 e. The molecule has 27 heavy (non-hydrogen) atoms. The number of carbonyl (C=O) groups is 3. The summed E-state index contributed by atoms with van der Waals surface area (Å²) in [5.74, 6) is -1.66. The molecule has 3 amide bonds. The molecule has 150 valence electrons. The van der Waals surface area contributed by atoms with Crippen molar-refractivity contribution in [2.75, 3.05) is 20.1 Å². The number of imide groups is 1. The molecule has 1 atom stereocenters. The minimum Gasteiger partial charge on any atom is -0.449 e. The number of nitrogens with zero attached hydrogens (tertiary/aromatic N) is 1. The maximum Gasteiger partial charge on any atom is 0.339 e. The van der Waals surface area contributed by atoms with Crippen molar-refractivity contribution in [1.29, 1.82) is 0 Å². The van der Waals surface area contributed by atoms with Crippen LogP contribution in [0.15, 0.2) is 23.1 Å². The molecule has 1 aromatic rings. The van der Waals surface area contributed by atoms with Crippen molar-refractivity contribution < 1.29 is 27.5 Å². The van der Waals surface area contributed by atoms with Gasteiger partial charge in [-0.15, -0.1) is 0 Å². The van der Waals surface area contributed by atoms with Crippen LogP contribution in [0.25, 0.3) is 0 Å². The van der Waals surface area contributed by atoms with Gasteiger partial charge in [0.05, 0.1) is 10.5 Å². The van der Waals surface area contributed by atoms with Gasteiger partial charge >= 0.3 is 12.0 Å². The third kappa shape index (κ3) is 5.51. The topological polar surface area (TPSA) is 122 Å². The number of urea groups is 1. The summed E-state index contributed by atoms with van der Waals surface area (Å²) < 4.78 is 31.6. The average molecular weight is 399 g/mol. The van der Waals surface area contributed by atoms with Gasteiger partial charge in [0, 0.05) is 20.1 Å². The molecule has 2 N–H and O–H groups in total. The van der Waals surface area contributed by atoms with Crippen molar-refractivity contribution in [1.82, 2.24) is 14.9 Å². The zero-order chi connectivity index (χ0) is 20.8. The van der Waals surface area contributed by atoms with Gasteiger partial charge in [-0.25, -0.2) is 18.0 Å². The Morgan fingerprint density at radius 1 is 1.19 bits per heavy atom. The number of esters is 1. The van der Waals surface area contributed by atoms with Crippen LogP contribution < -0.4 is 10.6 Å². The Balaban J connectivity index is 3.08. The lowest BCUT2D eigenvalue weighted by molar-refractivity contribution is -0.127. The summed E-state index contributed by atoms with van der Waals surface area (Å²) in [6.07, 6.45) is -1.24. The highest BCUT2D eigenvalue weighted by Gasteiger charge is 2.25. The summed E-state index contributed by atoms with van der Waals surface area (Å²) in [6.45, 7) is 6.96. The summed E-state index contributed by atoms with van der Waals surface area (Å²) in [6, 6.07) is 3.42. The number of benzene rings is 1. The fourth-order valence-electron chi connectivity index (χ4n) is 2.25. The molecule has 0 saturated heterocycles. The van der Waals surface area contributed by atoms with Crippen LogP contribution in [0.2, 0.25) is 0 Å². The molecule has 1 aromatic carbocycles. The van der Waals surface area contributed by atoms with Gasteiger partial charge in [0.1, 0.15) is 0 Å². The van der Waals surface area contributed by atoms with Crippen molar-refractivity contribution in [2.45, 2.75) is 38.7 Å². The Morgan fingerprint density at radius 2 is 1.78 bits per heavy atom. The molecular weight excluding hydrogens is 374 g/mol. The van der Waals surface area contributed by atoms with E-state index in [9.17, 15) is 22.8 Å². The normalized spacial score (nSPS) is 12.4. The second-order valence-corrected chi connectivity index (χ2v) is 7.62. The molecule has 0 radical (unpaired) electrons. The lowest BCUT2D eigenvalue weighted by Crippen LogP contribution is -2.43. The smallest absolute Gasteiger partial charge is 0.339 e. The zero-order valence-corrected chi connectivity index (χ0v) is 16.8. The first kappa shape index (κ1) is 22.6. The van der Waals surface area contributed by atoms with Crippen LogP contribution in [0.1, 0.15) is 36.7 Å². The minimum atomic E-state index is -3.74. The molecule has 0 aliphatic heterocycles. The Bertz CT molecular complexity index is 818. The number of amides is 3. The molecule has 1 rings (SSSR count). The number of rotatable bonds is 7. The maximum atomic E-state index is 12.6. The fraction of sp³-hybridized carbons (Fsp3) is 0.471. The molecule has 0 aliphatic rings. The van der Waals surface area contributed by atoms with Crippen molar-refractivity contribution in [3.05, 3.63) is 29.3 Å². The quantitative estimate of drug-likeness (QED) is 0.660. The lowest BCUT2D eigenvalue weighted by Gasteiger charge is -2.19. The molecule has 10 heteroatoms. The van der Waals surface area contributed by atoms with Crippen LogP contribution >= 0.6 is 0 Å². The highest BCUT2D eigenvalue weighted by atomic mass is 32.2. The zero-order valence-electron chi connectivity index (χ0n) is 16.0. The van der Waals surface area contributed by atoms with Crippen molar-refractivity contribution in [2.24, 2.45) is 0 Å². The van der Waals surface area contributed by atoms with Gasteiger partial charge in [-0.05, 0) is 31.5 Å². The van der Waals surface area contributed by atoms with Gasteiger partial charge in [0.25, 0.3) is 5.91 Å².